The van der Waals surface area contributed by atoms with Crippen molar-refractivity contribution in [3.05, 3.63) is 47.8 Å². The first-order valence-electron chi connectivity index (χ1n) is 9.38. The summed E-state index contributed by atoms with van der Waals surface area (Å²) in [6.07, 6.45) is -2.39. The van der Waals surface area contributed by atoms with Crippen molar-refractivity contribution in [2.75, 3.05) is 32.1 Å². The molecule has 1 fully saturated rings. The topological polar surface area (TPSA) is 67.6 Å². The monoisotopic (exact) mass is 406 g/mol. The van der Waals surface area contributed by atoms with Crippen molar-refractivity contribution in [3.63, 3.8) is 0 Å². The molecule has 0 amide bonds. The van der Waals surface area contributed by atoms with Gasteiger partial charge in [0.25, 0.3) is 5.82 Å². The number of likely N-dealkylation sites (tertiary alicyclic amines) is 1. The Morgan fingerprint density at radius 1 is 1.10 bits per heavy atom. The summed E-state index contributed by atoms with van der Waals surface area (Å²) in [5.74, 6) is -0.0355. The quantitative estimate of drug-likeness (QED) is 0.677. The van der Waals surface area contributed by atoms with Crippen LogP contribution in [0.25, 0.3) is 5.65 Å². The zero-order valence-electron chi connectivity index (χ0n) is 15.9. The second kappa shape index (κ2) is 7.86. The van der Waals surface area contributed by atoms with E-state index in [0.717, 1.165) is 41.8 Å². The smallest absolute Gasteiger partial charge is 0.453 e. The van der Waals surface area contributed by atoms with Crippen molar-refractivity contribution in [2.24, 2.45) is 0 Å². The minimum absolute atomic E-state index is 0.00847. The van der Waals surface area contributed by atoms with Gasteiger partial charge in [0.2, 0.25) is 0 Å². The number of alkyl halides is 3. The number of nitrogens with one attached hydrogen (secondary N) is 1. The average Bonchev–Trinajstić information content (AvgIpc) is 3.38. The number of para-hydroxylation sites is 1. The third-order valence-corrected chi connectivity index (χ3v) is 5.07. The number of fused-ring (bicyclic) bond motifs is 1. The van der Waals surface area contributed by atoms with Gasteiger partial charge in [0, 0.05) is 12.1 Å². The molecule has 1 aliphatic rings. The summed E-state index contributed by atoms with van der Waals surface area (Å²) in [5.41, 5.74) is 1.08. The summed E-state index contributed by atoms with van der Waals surface area (Å²) >= 11 is 0. The van der Waals surface area contributed by atoms with Crippen molar-refractivity contribution in [2.45, 2.75) is 25.1 Å². The summed E-state index contributed by atoms with van der Waals surface area (Å²) in [7, 11) is 1.63. The largest absolute Gasteiger partial charge is 0.496 e. The van der Waals surface area contributed by atoms with E-state index in [2.05, 4.69) is 25.5 Å². The number of methoxy groups -OCH3 is 1. The number of hydrogen-bond acceptors (Lipinski definition) is 6. The van der Waals surface area contributed by atoms with Crippen molar-refractivity contribution in [1.29, 1.82) is 0 Å². The number of halogens is 3. The fourth-order valence-electron chi connectivity index (χ4n) is 3.69. The highest BCUT2D eigenvalue weighted by molar-refractivity contribution is 5.45. The van der Waals surface area contributed by atoms with E-state index in [9.17, 15) is 13.2 Å². The lowest BCUT2D eigenvalue weighted by molar-refractivity contribution is -0.146. The Bertz CT molecular complexity index is 983. The van der Waals surface area contributed by atoms with E-state index in [1.165, 1.54) is 6.07 Å². The number of hydrogen-bond donors (Lipinski definition) is 1. The number of aromatic nitrogens is 4. The van der Waals surface area contributed by atoms with Gasteiger partial charge < -0.3 is 10.1 Å². The van der Waals surface area contributed by atoms with Crippen LogP contribution in [0.1, 0.15) is 30.3 Å². The second-order valence-corrected chi connectivity index (χ2v) is 6.89. The molecule has 1 atom stereocenters. The first kappa shape index (κ1) is 19.4. The van der Waals surface area contributed by atoms with Crippen molar-refractivity contribution < 1.29 is 17.9 Å². The molecule has 4 rings (SSSR count). The highest BCUT2D eigenvalue weighted by atomic mass is 19.4. The zero-order valence-corrected chi connectivity index (χ0v) is 15.9. The highest BCUT2D eigenvalue weighted by Gasteiger charge is 2.37. The van der Waals surface area contributed by atoms with Gasteiger partial charge in [0.1, 0.15) is 11.6 Å². The maximum absolute atomic E-state index is 13.1. The van der Waals surface area contributed by atoms with Crippen LogP contribution in [0.3, 0.4) is 0 Å². The van der Waals surface area contributed by atoms with Crippen LogP contribution in [0.2, 0.25) is 0 Å². The summed E-state index contributed by atoms with van der Waals surface area (Å²) in [6.45, 7) is 2.39. The fraction of sp³-hybridized carbons (Fsp3) is 0.421. The van der Waals surface area contributed by atoms with Crippen LogP contribution in [0, 0.1) is 0 Å². The molecule has 7 nitrogen and oxygen atoms in total. The van der Waals surface area contributed by atoms with E-state index in [-0.39, 0.29) is 11.7 Å². The minimum Gasteiger partial charge on any atom is -0.496 e. The zero-order chi connectivity index (χ0) is 20.4. The molecule has 0 spiro atoms. The Hall–Kier alpha value is -2.88. The Balaban J connectivity index is 1.60. The molecule has 10 heteroatoms. The van der Waals surface area contributed by atoms with Gasteiger partial charge in [-0.05, 0) is 44.1 Å². The summed E-state index contributed by atoms with van der Waals surface area (Å²) in [5, 5.41) is 14.0. The van der Waals surface area contributed by atoms with E-state index in [1.807, 2.05) is 24.3 Å². The maximum Gasteiger partial charge on any atom is 0.453 e. The van der Waals surface area contributed by atoms with Gasteiger partial charge in [-0.25, -0.2) is 0 Å². The molecule has 1 aromatic carbocycles. The van der Waals surface area contributed by atoms with Crippen LogP contribution in [0.15, 0.2) is 36.4 Å². The number of nitrogens with zero attached hydrogens (tertiary/aromatic N) is 5. The summed E-state index contributed by atoms with van der Waals surface area (Å²) < 4.78 is 45.5. The predicted molar refractivity (Wildman–Crippen MR) is 101 cm³/mol. The molecule has 1 saturated heterocycles. The van der Waals surface area contributed by atoms with Crippen molar-refractivity contribution in [1.82, 2.24) is 24.7 Å². The third kappa shape index (κ3) is 3.98. The number of benzene rings is 1. The molecule has 0 aliphatic carbocycles. The first-order chi connectivity index (χ1) is 14.0. The molecular formula is C19H21F3N6O. The van der Waals surface area contributed by atoms with Crippen LogP contribution in [0.5, 0.6) is 5.75 Å². The van der Waals surface area contributed by atoms with Gasteiger partial charge in [0.05, 0.1) is 13.2 Å². The van der Waals surface area contributed by atoms with E-state index in [0.29, 0.717) is 12.4 Å². The highest BCUT2D eigenvalue weighted by Crippen LogP contribution is 2.32. The van der Waals surface area contributed by atoms with Gasteiger partial charge in [-0.3, -0.25) is 4.90 Å². The lowest BCUT2D eigenvalue weighted by Crippen LogP contribution is -2.31. The van der Waals surface area contributed by atoms with Gasteiger partial charge in [-0.15, -0.1) is 15.3 Å². The molecule has 29 heavy (non-hydrogen) atoms. The molecule has 0 bridgehead atoms. The lowest BCUT2D eigenvalue weighted by Gasteiger charge is -2.29. The van der Waals surface area contributed by atoms with E-state index in [1.54, 1.807) is 13.2 Å². The van der Waals surface area contributed by atoms with Crippen molar-refractivity contribution >= 4 is 11.5 Å². The van der Waals surface area contributed by atoms with Gasteiger partial charge >= 0.3 is 6.18 Å². The van der Waals surface area contributed by atoms with Crippen molar-refractivity contribution in [3.8, 4) is 5.75 Å². The Labute approximate surface area is 165 Å². The molecule has 0 radical (unpaired) electrons. The minimum atomic E-state index is -4.62. The molecule has 154 valence electrons. The molecule has 0 unspecified atom stereocenters. The standard InChI is InChI=1S/C19H21F3N6O/c1-29-15-7-3-2-6-13(15)14(27-10-4-5-11-27)12-23-16-8-9-17-24-25-18(19(20,21)22)28(17)26-16/h2-3,6-9,14H,4-5,10-12H2,1H3,(H,23,26)/t14-/m1/s1. The molecule has 3 heterocycles. The average molecular weight is 406 g/mol. The summed E-state index contributed by atoms with van der Waals surface area (Å²) in [4.78, 5) is 2.35. The fourth-order valence-corrected chi connectivity index (χ4v) is 3.69. The van der Waals surface area contributed by atoms with E-state index >= 15 is 0 Å². The Kier molecular flexibility index (Phi) is 5.27. The van der Waals surface area contributed by atoms with Crippen LogP contribution in [0.4, 0.5) is 19.0 Å². The molecule has 0 saturated carbocycles. The number of rotatable bonds is 6. The van der Waals surface area contributed by atoms with Crippen LogP contribution in [-0.4, -0.2) is 51.5 Å². The Morgan fingerprint density at radius 3 is 2.59 bits per heavy atom. The third-order valence-electron chi connectivity index (χ3n) is 5.07. The Morgan fingerprint density at radius 2 is 1.86 bits per heavy atom. The van der Waals surface area contributed by atoms with Crippen LogP contribution >= 0.6 is 0 Å². The second-order valence-electron chi connectivity index (χ2n) is 6.89. The molecule has 3 aromatic rings. The predicted octanol–water partition coefficient (Wildman–Crippen LogP) is 3.40. The normalized spacial score (nSPS) is 16.3. The lowest BCUT2D eigenvalue weighted by atomic mass is 10.0. The van der Waals surface area contributed by atoms with E-state index in [4.69, 9.17) is 4.74 Å². The van der Waals surface area contributed by atoms with Gasteiger partial charge in [-0.2, -0.15) is 17.7 Å². The van der Waals surface area contributed by atoms with Crippen LogP contribution in [-0.2, 0) is 6.18 Å². The van der Waals surface area contributed by atoms with Gasteiger partial charge in [0.15, 0.2) is 5.65 Å². The molecule has 2 aromatic heterocycles. The number of ether oxygens (including phenoxy) is 1. The first-order valence-corrected chi connectivity index (χ1v) is 9.38. The number of anilines is 1. The summed E-state index contributed by atoms with van der Waals surface area (Å²) in [6, 6.07) is 10.9. The SMILES string of the molecule is COc1ccccc1[C@@H](CNc1ccc2nnc(C(F)(F)F)n2n1)N1CCCC1. The van der Waals surface area contributed by atoms with Crippen LogP contribution < -0.4 is 10.1 Å². The molecule has 1 aliphatic heterocycles. The van der Waals surface area contributed by atoms with Gasteiger partial charge in [-0.1, -0.05) is 18.2 Å². The molecule has 1 N–H and O–H groups in total. The molecular weight excluding hydrogens is 385 g/mol. The maximum atomic E-state index is 13.1. The van der Waals surface area contributed by atoms with E-state index < -0.39 is 12.0 Å².